The van der Waals surface area contributed by atoms with Gasteiger partial charge in [-0.05, 0) is 17.7 Å². The number of hydrogen-bond donors (Lipinski definition) is 1. The molecule has 0 aromatic heterocycles. The van der Waals surface area contributed by atoms with Gasteiger partial charge in [-0.3, -0.25) is 0 Å². The molecule has 1 heterocycles. The Bertz CT molecular complexity index is 663. The van der Waals surface area contributed by atoms with E-state index in [1.165, 1.54) is 6.07 Å². The van der Waals surface area contributed by atoms with Crippen molar-refractivity contribution in [2.75, 3.05) is 13.2 Å². The second kappa shape index (κ2) is 5.92. The molecule has 3 rings (SSSR count). The minimum atomic E-state index is -0.657. The first-order valence-electron chi connectivity index (χ1n) is 6.76. The summed E-state index contributed by atoms with van der Waals surface area (Å²) in [6, 6.07) is 9.16. The number of halogens is 2. The van der Waals surface area contributed by atoms with Crippen molar-refractivity contribution in [3.05, 3.63) is 58.4 Å². The zero-order valence-electron chi connectivity index (χ0n) is 11.3. The zero-order chi connectivity index (χ0) is 14.8. The van der Waals surface area contributed by atoms with Crippen molar-refractivity contribution in [1.29, 1.82) is 0 Å². The van der Waals surface area contributed by atoms with E-state index in [0.29, 0.717) is 40.9 Å². The van der Waals surface area contributed by atoms with Crippen LogP contribution in [0, 0.1) is 5.82 Å². The topological polar surface area (TPSA) is 44.5 Å². The molecule has 0 bridgehead atoms. The first kappa shape index (κ1) is 14.2. The molecule has 1 unspecified atom stereocenters. The van der Waals surface area contributed by atoms with Crippen molar-refractivity contribution in [2.24, 2.45) is 5.73 Å². The predicted octanol–water partition coefficient (Wildman–Crippen LogP) is 3.69. The lowest BCUT2D eigenvalue weighted by Crippen LogP contribution is -2.14. The molecule has 1 atom stereocenters. The Morgan fingerprint density at radius 2 is 1.71 bits per heavy atom. The van der Waals surface area contributed by atoms with E-state index in [4.69, 9.17) is 26.8 Å². The van der Waals surface area contributed by atoms with Gasteiger partial charge in [0.05, 0.1) is 19.3 Å². The van der Waals surface area contributed by atoms with Gasteiger partial charge in [0, 0.05) is 23.1 Å². The van der Waals surface area contributed by atoms with Crippen LogP contribution in [0.4, 0.5) is 4.39 Å². The van der Waals surface area contributed by atoms with E-state index in [-0.39, 0.29) is 5.82 Å². The highest BCUT2D eigenvalue weighted by Gasteiger charge is 2.20. The van der Waals surface area contributed by atoms with Crippen LogP contribution < -0.4 is 15.2 Å². The molecule has 0 radical (unpaired) electrons. The van der Waals surface area contributed by atoms with Crippen molar-refractivity contribution < 1.29 is 13.9 Å². The second-order valence-electron chi connectivity index (χ2n) is 4.87. The number of nitrogens with two attached hydrogens (primary N) is 1. The van der Waals surface area contributed by atoms with Crippen molar-refractivity contribution in [3.63, 3.8) is 0 Å². The molecule has 0 fully saturated rings. The van der Waals surface area contributed by atoms with Crippen molar-refractivity contribution in [1.82, 2.24) is 0 Å². The highest BCUT2D eigenvalue weighted by atomic mass is 35.5. The molecule has 21 heavy (non-hydrogen) atoms. The van der Waals surface area contributed by atoms with Crippen LogP contribution in [-0.2, 0) is 0 Å². The Balaban J connectivity index is 2.02. The minimum Gasteiger partial charge on any atom is -0.490 e. The average Bonchev–Trinajstić information content (AvgIpc) is 2.71. The number of benzene rings is 2. The third kappa shape index (κ3) is 2.82. The third-order valence-electron chi connectivity index (χ3n) is 3.44. The monoisotopic (exact) mass is 307 g/mol. The molecule has 0 spiro atoms. The quantitative estimate of drug-likeness (QED) is 0.920. The average molecular weight is 308 g/mol. The molecule has 0 amide bonds. The standard InChI is InChI=1S/C16H15ClFNO2/c17-12-9-15-14(20-6-3-7-21-15)8-11(12)16(19)10-4-1-2-5-13(10)18/h1-2,4-5,8-9,16H,3,6-7,19H2. The summed E-state index contributed by atoms with van der Waals surface area (Å²) < 4.78 is 25.1. The maximum absolute atomic E-state index is 13.9. The van der Waals surface area contributed by atoms with Crippen LogP contribution in [0.2, 0.25) is 5.02 Å². The highest BCUT2D eigenvalue weighted by Crippen LogP contribution is 2.38. The van der Waals surface area contributed by atoms with Crippen molar-refractivity contribution in [2.45, 2.75) is 12.5 Å². The summed E-state index contributed by atoms with van der Waals surface area (Å²) in [4.78, 5) is 0. The van der Waals surface area contributed by atoms with E-state index in [1.54, 1.807) is 30.3 Å². The summed E-state index contributed by atoms with van der Waals surface area (Å²) in [6.07, 6.45) is 0.807. The van der Waals surface area contributed by atoms with Crippen LogP contribution in [0.3, 0.4) is 0 Å². The lowest BCUT2D eigenvalue weighted by molar-refractivity contribution is 0.297. The SMILES string of the molecule is NC(c1ccccc1F)c1cc2c(cc1Cl)OCCCO2. The van der Waals surface area contributed by atoms with Crippen LogP contribution in [0.5, 0.6) is 11.5 Å². The van der Waals surface area contributed by atoms with Gasteiger partial charge in [-0.2, -0.15) is 0 Å². The van der Waals surface area contributed by atoms with E-state index >= 15 is 0 Å². The fraction of sp³-hybridized carbons (Fsp3) is 0.250. The molecule has 0 aliphatic carbocycles. The first-order chi connectivity index (χ1) is 10.2. The maximum Gasteiger partial charge on any atom is 0.162 e. The summed E-state index contributed by atoms with van der Waals surface area (Å²) >= 11 is 6.27. The molecule has 5 heteroatoms. The van der Waals surface area contributed by atoms with Gasteiger partial charge in [0.25, 0.3) is 0 Å². The van der Waals surface area contributed by atoms with E-state index in [2.05, 4.69) is 0 Å². The third-order valence-corrected chi connectivity index (χ3v) is 3.77. The van der Waals surface area contributed by atoms with Gasteiger partial charge in [-0.15, -0.1) is 0 Å². The molecule has 1 aliphatic heterocycles. The van der Waals surface area contributed by atoms with E-state index in [1.807, 2.05) is 0 Å². The normalized spacial score (nSPS) is 15.4. The van der Waals surface area contributed by atoms with Gasteiger partial charge in [0.1, 0.15) is 5.82 Å². The molecule has 2 N–H and O–H groups in total. The van der Waals surface area contributed by atoms with Gasteiger partial charge >= 0.3 is 0 Å². The molecule has 0 saturated heterocycles. The fourth-order valence-electron chi connectivity index (χ4n) is 2.33. The summed E-state index contributed by atoms with van der Waals surface area (Å²) in [7, 11) is 0. The number of fused-ring (bicyclic) bond motifs is 1. The highest BCUT2D eigenvalue weighted by molar-refractivity contribution is 6.31. The lowest BCUT2D eigenvalue weighted by atomic mass is 9.98. The Morgan fingerprint density at radius 1 is 1.05 bits per heavy atom. The maximum atomic E-state index is 13.9. The summed E-state index contributed by atoms with van der Waals surface area (Å²) in [5, 5.41) is 0.440. The largest absolute Gasteiger partial charge is 0.490 e. The molecule has 2 aromatic rings. The molecule has 1 aliphatic rings. The van der Waals surface area contributed by atoms with Crippen LogP contribution in [0.25, 0.3) is 0 Å². The summed E-state index contributed by atoms with van der Waals surface area (Å²) in [5.74, 6) is 0.842. The fourth-order valence-corrected chi connectivity index (χ4v) is 2.60. The van der Waals surface area contributed by atoms with Crippen molar-refractivity contribution in [3.8, 4) is 11.5 Å². The van der Waals surface area contributed by atoms with Crippen LogP contribution in [0.1, 0.15) is 23.6 Å². The molecule has 2 aromatic carbocycles. The van der Waals surface area contributed by atoms with Gasteiger partial charge in [0.2, 0.25) is 0 Å². The van der Waals surface area contributed by atoms with Gasteiger partial charge in [-0.25, -0.2) is 4.39 Å². The zero-order valence-corrected chi connectivity index (χ0v) is 12.1. The van der Waals surface area contributed by atoms with Crippen LogP contribution >= 0.6 is 11.6 Å². The van der Waals surface area contributed by atoms with E-state index in [0.717, 1.165) is 6.42 Å². The Labute approximate surface area is 127 Å². The van der Waals surface area contributed by atoms with Crippen LogP contribution in [0.15, 0.2) is 36.4 Å². The molecule has 0 saturated carbocycles. The van der Waals surface area contributed by atoms with Crippen LogP contribution in [-0.4, -0.2) is 13.2 Å². The lowest BCUT2D eigenvalue weighted by Gasteiger charge is -2.17. The van der Waals surface area contributed by atoms with Gasteiger partial charge in [0.15, 0.2) is 11.5 Å². The number of hydrogen-bond acceptors (Lipinski definition) is 3. The Morgan fingerprint density at radius 3 is 2.43 bits per heavy atom. The van der Waals surface area contributed by atoms with Gasteiger partial charge < -0.3 is 15.2 Å². The minimum absolute atomic E-state index is 0.354. The number of rotatable bonds is 2. The van der Waals surface area contributed by atoms with Gasteiger partial charge in [-0.1, -0.05) is 29.8 Å². The second-order valence-corrected chi connectivity index (χ2v) is 5.28. The smallest absolute Gasteiger partial charge is 0.162 e. The Kier molecular flexibility index (Phi) is 3.99. The predicted molar refractivity (Wildman–Crippen MR) is 79.5 cm³/mol. The molecular formula is C16H15ClFNO2. The summed E-state index contributed by atoms with van der Waals surface area (Å²) in [5.41, 5.74) is 7.18. The van der Waals surface area contributed by atoms with E-state index in [9.17, 15) is 4.39 Å². The van der Waals surface area contributed by atoms with Crippen molar-refractivity contribution >= 4 is 11.6 Å². The molecular weight excluding hydrogens is 293 g/mol. The summed E-state index contributed by atoms with van der Waals surface area (Å²) in [6.45, 7) is 1.16. The molecule has 110 valence electrons. The Hall–Kier alpha value is -1.78. The first-order valence-corrected chi connectivity index (χ1v) is 7.13. The number of ether oxygens (including phenoxy) is 2. The molecule has 3 nitrogen and oxygen atoms in total. The van der Waals surface area contributed by atoms with E-state index < -0.39 is 6.04 Å².